The molecule has 2 atom stereocenters. The maximum atomic E-state index is 13.0. The van der Waals surface area contributed by atoms with E-state index in [-0.39, 0.29) is 23.9 Å². The van der Waals surface area contributed by atoms with Gasteiger partial charge in [0.15, 0.2) is 0 Å². The molecule has 0 aliphatic heterocycles. The van der Waals surface area contributed by atoms with Gasteiger partial charge < -0.3 is 10.1 Å². The molecule has 1 aromatic carbocycles. The largest absolute Gasteiger partial charge is 0.375 e. The molecule has 0 fully saturated rings. The zero-order chi connectivity index (χ0) is 16.1. The van der Waals surface area contributed by atoms with E-state index in [1.54, 1.807) is 31.0 Å². The van der Waals surface area contributed by atoms with Crippen LogP contribution in [0.5, 0.6) is 0 Å². The molecule has 118 valence electrons. The summed E-state index contributed by atoms with van der Waals surface area (Å²) in [4.78, 5) is 14.0. The minimum Gasteiger partial charge on any atom is -0.375 e. The second kappa shape index (κ2) is 7.76. The minimum absolute atomic E-state index is 0.115. The predicted octanol–water partition coefficient (Wildman–Crippen LogP) is 4.12. The first-order chi connectivity index (χ1) is 10.6. The smallest absolute Gasteiger partial charge is 0.262 e. The summed E-state index contributed by atoms with van der Waals surface area (Å²) in [7, 11) is 1.58. The molecule has 0 saturated heterocycles. The molecule has 0 radical (unpaired) electrons. The van der Waals surface area contributed by atoms with E-state index < -0.39 is 0 Å². The van der Waals surface area contributed by atoms with E-state index in [2.05, 4.69) is 5.32 Å². The molecule has 0 spiro atoms. The maximum Gasteiger partial charge on any atom is 0.262 e. The molecule has 1 N–H and O–H groups in total. The molecule has 1 amide bonds. The van der Waals surface area contributed by atoms with E-state index in [4.69, 9.17) is 4.74 Å². The number of thiophene rings is 1. The van der Waals surface area contributed by atoms with Gasteiger partial charge in [-0.15, -0.1) is 23.1 Å². The van der Waals surface area contributed by atoms with Gasteiger partial charge in [0.1, 0.15) is 16.8 Å². The Balaban J connectivity index is 2.10. The van der Waals surface area contributed by atoms with Crippen LogP contribution in [0.3, 0.4) is 0 Å². The second-order valence-corrected chi connectivity index (χ2v) is 6.55. The van der Waals surface area contributed by atoms with Crippen molar-refractivity contribution in [2.45, 2.75) is 24.0 Å². The molecule has 22 heavy (non-hydrogen) atoms. The van der Waals surface area contributed by atoms with Gasteiger partial charge in [0.25, 0.3) is 5.91 Å². The van der Waals surface area contributed by atoms with Crippen molar-refractivity contribution in [3.63, 3.8) is 0 Å². The van der Waals surface area contributed by atoms with Crippen LogP contribution in [0.15, 0.2) is 40.6 Å². The van der Waals surface area contributed by atoms with Gasteiger partial charge in [-0.05, 0) is 42.3 Å². The van der Waals surface area contributed by atoms with Gasteiger partial charge in [0.2, 0.25) is 0 Å². The number of methoxy groups -OCH3 is 1. The standard InChI is InChI=1S/C16H18FNO2S2/c1-10(14(20-2)11-4-6-12(17)7-5-11)18-16(19)15-13(21-3)8-9-22-15/h4-10,14H,1-3H3,(H,18,19). The Morgan fingerprint density at radius 1 is 1.32 bits per heavy atom. The van der Waals surface area contributed by atoms with Crippen molar-refractivity contribution in [2.75, 3.05) is 13.4 Å². The zero-order valence-corrected chi connectivity index (χ0v) is 14.3. The number of carbonyl (C=O) groups excluding carboxylic acids is 1. The number of ether oxygens (including phenoxy) is 1. The number of nitrogens with one attached hydrogen (secondary N) is 1. The number of amides is 1. The Hall–Kier alpha value is -1.37. The highest BCUT2D eigenvalue weighted by Crippen LogP contribution is 2.26. The Morgan fingerprint density at radius 3 is 2.59 bits per heavy atom. The molecular formula is C16H18FNO2S2. The van der Waals surface area contributed by atoms with Crippen molar-refractivity contribution in [3.05, 3.63) is 52.0 Å². The van der Waals surface area contributed by atoms with Crippen LogP contribution in [0.4, 0.5) is 4.39 Å². The fourth-order valence-corrected chi connectivity index (χ4v) is 3.91. The minimum atomic E-state index is -0.331. The van der Waals surface area contributed by atoms with Crippen molar-refractivity contribution < 1.29 is 13.9 Å². The molecule has 2 aromatic rings. The van der Waals surface area contributed by atoms with Gasteiger partial charge in [-0.1, -0.05) is 12.1 Å². The molecular weight excluding hydrogens is 321 g/mol. The van der Waals surface area contributed by atoms with Gasteiger partial charge in [-0.2, -0.15) is 0 Å². The summed E-state index contributed by atoms with van der Waals surface area (Å²) < 4.78 is 18.5. The molecule has 1 aromatic heterocycles. The number of carbonyl (C=O) groups is 1. The summed E-state index contributed by atoms with van der Waals surface area (Å²) >= 11 is 2.96. The van der Waals surface area contributed by atoms with Crippen LogP contribution in [0, 0.1) is 5.82 Å². The van der Waals surface area contributed by atoms with E-state index in [9.17, 15) is 9.18 Å². The van der Waals surface area contributed by atoms with E-state index in [0.717, 1.165) is 10.5 Å². The van der Waals surface area contributed by atoms with Crippen LogP contribution in [0.25, 0.3) is 0 Å². The van der Waals surface area contributed by atoms with E-state index in [0.29, 0.717) is 4.88 Å². The lowest BCUT2D eigenvalue weighted by Gasteiger charge is -2.24. The predicted molar refractivity (Wildman–Crippen MR) is 89.2 cm³/mol. The summed E-state index contributed by atoms with van der Waals surface area (Å²) in [5.74, 6) is -0.408. The summed E-state index contributed by atoms with van der Waals surface area (Å²) in [6.07, 6.45) is 1.61. The van der Waals surface area contributed by atoms with Gasteiger partial charge in [0.05, 0.1) is 6.04 Å². The van der Waals surface area contributed by atoms with Crippen LogP contribution in [-0.4, -0.2) is 25.3 Å². The molecule has 2 unspecified atom stereocenters. The number of benzene rings is 1. The van der Waals surface area contributed by atoms with Crippen molar-refractivity contribution in [1.29, 1.82) is 0 Å². The first-order valence-corrected chi connectivity index (χ1v) is 8.88. The highest BCUT2D eigenvalue weighted by Gasteiger charge is 2.22. The summed E-state index contributed by atoms with van der Waals surface area (Å²) in [6.45, 7) is 1.88. The highest BCUT2D eigenvalue weighted by atomic mass is 32.2. The third kappa shape index (κ3) is 3.88. The zero-order valence-electron chi connectivity index (χ0n) is 12.6. The Labute approximate surface area is 137 Å². The molecule has 6 heteroatoms. The fraction of sp³-hybridized carbons (Fsp3) is 0.312. The van der Waals surface area contributed by atoms with E-state index in [1.165, 1.54) is 23.5 Å². The molecule has 0 bridgehead atoms. The van der Waals surface area contributed by atoms with Gasteiger partial charge in [0, 0.05) is 12.0 Å². The van der Waals surface area contributed by atoms with Crippen LogP contribution in [0.2, 0.25) is 0 Å². The Bertz CT molecular complexity index is 627. The number of thioether (sulfide) groups is 1. The summed E-state index contributed by atoms with van der Waals surface area (Å²) in [5.41, 5.74) is 0.827. The van der Waals surface area contributed by atoms with Crippen molar-refractivity contribution >= 4 is 29.0 Å². The monoisotopic (exact) mass is 339 g/mol. The molecule has 3 nitrogen and oxygen atoms in total. The van der Waals surface area contributed by atoms with Crippen LogP contribution in [-0.2, 0) is 4.74 Å². The summed E-state index contributed by atoms with van der Waals surface area (Å²) in [5, 5.41) is 4.86. The van der Waals surface area contributed by atoms with E-state index in [1.807, 2.05) is 24.6 Å². The fourth-order valence-electron chi connectivity index (χ4n) is 2.25. The third-order valence-electron chi connectivity index (χ3n) is 3.32. The van der Waals surface area contributed by atoms with Gasteiger partial charge in [-0.25, -0.2) is 4.39 Å². The molecule has 0 aliphatic rings. The number of hydrogen-bond donors (Lipinski definition) is 1. The molecule has 1 heterocycles. The first kappa shape index (κ1) is 17.0. The lowest BCUT2D eigenvalue weighted by molar-refractivity contribution is 0.0645. The average molecular weight is 339 g/mol. The van der Waals surface area contributed by atoms with Crippen molar-refractivity contribution in [2.24, 2.45) is 0 Å². The second-order valence-electron chi connectivity index (χ2n) is 4.79. The van der Waals surface area contributed by atoms with Crippen molar-refractivity contribution in [3.8, 4) is 0 Å². The topological polar surface area (TPSA) is 38.3 Å². The number of halogens is 1. The lowest BCUT2D eigenvalue weighted by Crippen LogP contribution is -2.37. The Morgan fingerprint density at radius 2 is 2.00 bits per heavy atom. The normalized spacial score (nSPS) is 13.6. The SMILES string of the molecule is COC(c1ccc(F)cc1)C(C)NC(=O)c1sccc1SC. The number of hydrogen-bond acceptors (Lipinski definition) is 4. The van der Waals surface area contributed by atoms with Gasteiger partial charge in [-0.3, -0.25) is 4.79 Å². The van der Waals surface area contributed by atoms with Gasteiger partial charge >= 0.3 is 0 Å². The Kier molecular flexibility index (Phi) is 5.99. The maximum absolute atomic E-state index is 13.0. The van der Waals surface area contributed by atoms with Crippen LogP contribution >= 0.6 is 23.1 Å². The highest BCUT2D eigenvalue weighted by molar-refractivity contribution is 7.98. The molecule has 2 rings (SSSR count). The van der Waals surface area contributed by atoms with Crippen molar-refractivity contribution in [1.82, 2.24) is 5.32 Å². The number of rotatable bonds is 6. The quantitative estimate of drug-likeness (QED) is 0.805. The summed E-state index contributed by atoms with van der Waals surface area (Å²) in [6, 6.07) is 7.82. The van der Waals surface area contributed by atoms with Crippen LogP contribution < -0.4 is 5.32 Å². The third-order valence-corrected chi connectivity index (χ3v) is 5.14. The van der Waals surface area contributed by atoms with Crippen LogP contribution in [0.1, 0.15) is 28.3 Å². The lowest BCUT2D eigenvalue weighted by atomic mass is 10.0. The first-order valence-electron chi connectivity index (χ1n) is 6.77. The molecule has 0 saturated carbocycles. The van der Waals surface area contributed by atoms with E-state index >= 15 is 0 Å². The molecule has 0 aliphatic carbocycles. The average Bonchev–Trinajstić information content (AvgIpc) is 2.98.